The first-order valence-electron chi connectivity index (χ1n) is 10.8. The molecule has 33 heavy (non-hydrogen) atoms. The molecule has 0 atom stereocenters. The summed E-state index contributed by atoms with van der Waals surface area (Å²) in [5, 5.41) is 15.1. The number of thiocarbonyl (C=S) groups is 1. The number of nitrogens with zero attached hydrogens (tertiary/aromatic N) is 4. The lowest BCUT2D eigenvalue weighted by Gasteiger charge is -2.13. The van der Waals surface area contributed by atoms with E-state index in [1.165, 1.54) is 17.1 Å². The molecule has 0 aliphatic carbocycles. The van der Waals surface area contributed by atoms with Crippen LogP contribution in [0, 0.1) is 0 Å². The molecule has 7 nitrogen and oxygen atoms in total. The molecule has 2 aromatic carbocycles. The third-order valence-corrected chi connectivity index (χ3v) is 7.00. The SMILES string of the molecule is O=C1C(=Cc2cccc(-c3ccc4cc[nH]c4c3)c2)SC(=S)N1CCCCCc1nn[nH]n1. The first-order valence-corrected chi connectivity index (χ1v) is 12.1. The fourth-order valence-corrected chi connectivity index (χ4v) is 5.21. The second kappa shape index (κ2) is 9.68. The number of aromatic amines is 2. The Labute approximate surface area is 200 Å². The van der Waals surface area contributed by atoms with Crippen molar-refractivity contribution in [2.45, 2.75) is 25.7 Å². The van der Waals surface area contributed by atoms with Crippen molar-refractivity contribution in [1.29, 1.82) is 0 Å². The monoisotopic (exact) mass is 474 g/mol. The number of aryl methyl sites for hydroxylation is 1. The number of unbranched alkanes of at least 4 members (excludes halogenated alkanes) is 2. The number of hydrogen-bond donors (Lipinski definition) is 2. The van der Waals surface area contributed by atoms with Crippen molar-refractivity contribution in [3.63, 3.8) is 0 Å². The Hall–Kier alpha value is -3.30. The quantitative estimate of drug-likeness (QED) is 0.213. The average molecular weight is 475 g/mol. The number of benzene rings is 2. The van der Waals surface area contributed by atoms with E-state index < -0.39 is 0 Å². The molecular weight excluding hydrogens is 452 g/mol. The molecule has 2 N–H and O–H groups in total. The lowest BCUT2D eigenvalue weighted by atomic mass is 10.0. The second-order valence-electron chi connectivity index (χ2n) is 7.88. The highest BCUT2D eigenvalue weighted by molar-refractivity contribution is 8.26. The zero-order chi connectivity index (χ0) is 22.6. The van der Waals surface area contributed by atoms with Crippen LogP contribution in [-0.2, 0) is 11.2 Å². The van der Waals surface area contributed by atoms with E-state index in [0.29, 0.717) is 15.8 Å². The Kier molecular flexibility index (Phi) is 6.32. The summed E-state index contributed by atoms with van der Waals surface area (Å²) in [4.78, 5) is 18.6. The Morgan fingerprint density at radius 1 is 1.06 bits per heavy atom. The van der Waals surface area contributed by atoms with Crippen LogP contribution >= 0.6 is 24.0 Å². The zero-order valence-corrected chi connectivity index (χ0v) is 19.5. The summed E-state index contributed by atoms with van der Waals surface area (Å²) in [7, 11) is 0. The third kappa shape index (κ3) is 4.89. The molecule has 0 radical (unpaired) electrons. The molecule has 9 heteroatoms. The third-order valence-electron chi connectivity index (χ3n) is 5.62. The summed E-state index contributed by atoms with van der Waals surface area (Å²) in [6.07, 6.45) is 7.46. The molecule has 4 aromatic rings. The van der Waals surface area contributed by atoms with Crippen molar-refractivity contribution in [2.24, 2.45) is 0 Å². The molecule has 2 aromatic heterocycles. The lowest BCUT2D eigenvalue weighted by molar-refractivity contribution is -0.122. The number of nitrogens with one attached hydrogen (secondary N) is 2. The van der Waals surface area contributed by atoms with Crippen molar-refractivity contribution < 1.29 is 4.79 Å². The maximum absolute atomic E-state index is 13.0. The Morgan fingerprint density at radius 3 is 2.85 bits per heavy atom. The zero-order valence-electron chi connectivity index (χ0n) is 17.8. The normalized spacial score (nSPS) is 15.3. The van der Waals surface area contributed by atoms with Crippen molar-refractivity contribution in [1.82, 2.24) is 30.5 Å². The topological polar surface area (TPSA) is 90.6 Å². The van der Waals surface area contributed by atoms with Gasteiger partial charge in [-0.15, -0.1) is 10.2 Å². The predicted octanol–water partition coefficient (Wildman–Crippen LogP) is 4.96. The van der Waals surface area contributed by atoms with Crippen LogP contribution in [0.15, 0.2) is 59.6 Å². The summed E-state index contributed by atoms with van der Waals surface area (Å²) < 4.78 is 0.623. The molecule has 0 unspecified atom stereocenters. The van der Waals surface area contributed by atoms with Gasteiger partial charge in [0.15, 0.2) is 5.82 Å². The van der Waals surface area contributed by atoms with E-state index in [9.17, 15) is 4.79 Å². The largest absolute Gasteiger partial charge is 0.361 e. The fraction of sp³-hybridized carbons (Fsp3) is 0.208. The van der Waals surface area contributed by atoms with Crippen molar-refractivity contribution in [3.8, 4) is 11.1 Å². The van der Waals surface area contributed by atoms with Crippen LogP contribution in [0.25, 0.3) is 28.1 Å². The van der Waals surface area contributed by atoms with Gasteiger partial charge in [-0.05, 0) is 59.2 Å². The molecule has 0 bridgehead atoms. The van der Waals surface area contributed by atoms with Crippen LogP contribution in [0.3, 0.4) is 0 Å². The summed E-state index contributed by atoms with van der Waals surface area (Å²) >= 11 is 6.86. The number of aromatic nitrogens is 5. The maximum Gasteiger partial charge on any atom is 0.266 e. The van der Waals surface area contributed by atoms with E-state index in [1.807, 2.05) is 24.4 Å². The van der Waals surface area contributed by atoms with Gasteiger partial charge in [-0.3, -0.25) is 9.69 Å². The molecular formula is C24H22N6OS2. The van der Waals surface area contributed by atoms with Gasteiger partial charge in [0.2, 0.25) is 0 Å². The standard InChI is InChI=1S/C24H22N6OS2/c31-23-21(33-24(32)30(23)12-3-1-2-7-22-26-28-29-27-22)14-16-5-4-6-18(13-16)19-9-8-17-10-11-25-20(17)15-19/h4-6,8-11,13-15,25H,1-3,7,12H2,(H,26,27,28,29). The van der Waals surface area contributed by atoms with E-state index >= 15 is 0 Å². The van der Waals surface area contributed by atoms with E-state index in [-0.39, 0.29) is 5.91 Å². The molecule has 1 saturated heterocycles. The molecule has 166 valence electrons. The first-order chi connectivity index (χ1) is 16.2. The van der Waals surface area contributed by atoms with Crippen molar-refractivity contribution >= 4 is 51.2 Å². The van der Waals surface area contributed by atoms with Gasteiger partial charge in [-0.2, -0.15) is 5.21 Å². The van der Waals surface area contributed by atoms with Gasteiger partial charge in [0.25, 0.3) is 5.91 Å². The van der Waals surface area contributed by atoms with Gasteiger partial charge in [-0.1, -0.05) is 65.9 Å². The van der Waals surface area contributed by atoms with Gasteiger partial charge in [-0.25, -0.2) is 0 Å². The Morgan fingerprint density at radius 2 is 1.97 bits per heavy atom. The van der Waals surface area contributed by atoms with Crippen molar-refractivity contribution in [2.75, 3.05) is 6.54 Å². The van der Waals surface area contributed by atoms with Crippen LogP contribution in [0.1, 0.15) is 30.7 Å². The number of tetrazole rings is 1. The van der Waals surface area contributed by atoms with Gasteiger partial charge >= 0.3 is 0 Å². The smallest absolute Gasteiger partial charge is 0.266 e. The number of amides is 1. The number of H-pyrrole nitrogens is 2. The minimum atomic E-state index is -0.0126. The van der Waals surface area contributed by atoms with E-state index in [0.717, 1.165) is 53.7 Å². The molecule has 0 spiro atoms. The molecule has 5 rings (SSSR count). The molecule has 3 heterocycles. The number of rotatable bonds is 8. The number of fused-ring (bicyclic) bond motifs is 1. The first kappa shape index (κ1) is 21.5. The van der Waals surface area contributed by atoms with E-state index in [1.54, 1.807) is 4.90 Å². The van der Waals surface area contributed by atoms with Crippen LogP contribution < -0.4 is 0 Å². The Bertz CT molecular complexity index is 1330. The van der Waals surface area contributed by atoms with E-state index in [4.69, 9.17) is 12.2 Å². The van der Waals surface area contributed by atoms with E-state index in [2.05, 4.69) is 62.0 Å². The number of carbonyl (C=O) groups is 1. The fourth-order valence-electron chi connectivity index (χ4n) is 3.90. The number of thioether (sulfide) groups is 1. The number of carbonyl (C=O) groups excluding carboxylic acids is 1. The minimum Gasteiger partial charge on any atom is -0.361 e. The predicted molar refractivity (Wildman–Crippen MR) is 135 cm³/mol. The molecule has 1 aliphatic rings. The molecule has 1 amide bonds. The average Bonchev–Trinajstić information content (AvgIpc) is 3.56. The van der Waals surface area contributed by atoms with Crippen LogP contribution in [-0.4, -0.2) is 47.3 Å². The van der Waals surface area contributed by atoms with Gasteiger partial charge in [0.1, 0.15) is 4.32 Å². The minimum absolute atomic E-state index is 0.0126. The Balaban J connectivity index is 1.23. The van der Waals surface area contributed by atoms with Crippen LogP contribution in [0.5, 0.6) is 0 Å². The highest BCUT2D eigenvalue weighted by Gasteiger charge is 2.31. The molecule has 1 aliphatic heterocycles. The highest BCUT2D eigenvalue weighted by atomic mass is 32.2. The maximum atomic E-state index is 13.0. The summed E-state index contributed by atoms with van der Waals surface area (Å²) in [5.41, 5.74) is 4.33. The summed E-state index contributed by atoms with van der Waals surface area (Å²) in [5.74, 6) is 0.708. The van der Waals surface area contributed by atoms with Gasteiger partial charge < -0.3 is 4.98 Å². The van der Waals surface area contributed by atoms with Crippen molar-refractivity contribution in [3.05, 3.63) is 71.0 Å². The number of hydrogen-bond acceptors (Lipinski definition) is 6. The lowest BCUT2D eigenvalue weighted by Crippen LogP contribution is -2.29. The van der Waals surface area contributed by atoms with Crippen LogP contribution in [0.4, 0.5) is 0 Å². The van der Waals surface area contributed by atoms with Gasteiger partial charge in [0, 0.05) is 24.7 Å². The summed E-state index contributed by atoms with van der Waals surface area (Å²) in [6, 6.07) is 16.7. The second-order valence-corrected chi connectivity index (χ2v) is 9.55. The summed E-state index contributed by atoms with van der Waals surface area (Å²) in [6.45, 7) is 0.629. The van der Waals surface area contributed by atoms with Crippen LogP contribution in [0.2, 0.25) is 0 Å². The molecule has 1 fully saturated rings. The van der Waals surface area contributed by atoms with Gasteiger partial charge in [0.05, 0.1) is 4.91 Å². The molecule has 0 saturated carbocycles. The highest BCUT2D eigenvalue weighted by Crippen LogP contribution is 2.33.